The Balaban J connectivity index is 2.44. The normalized spacial score (nSPS) is 26.0. The highest BCUT2D eigenvalue weighted by Crippen LogP contribution is 2.38. The molecule has 0 atom stereocenters. The maximum atomic E-state index is 4.38. The molecule has 1 heterocycles. The number of allylic oxidation sites excluding steroid dienone is 3. The second kappa shape index (κ2) is 2.07. The zero-order valence-electron chi connectivity index (χ0n) is 7.09. The molecule has 1 aliphatic carbocycles. The number of hydrogen-bond acceptors (Lipinski definition) is 1. The van der Waals surface area contributed by atoms with Crippen LogP contribution in [0.4, 0.5) is 0 Å². The fourth-order valence-corrected chi connectivity index (χ4v) is 1.73. The molecule has 0 saturated carbocycles. The highest BCUT2D eigenvalue weighted by atomic mass is 14.8. The van der Waals surface area contributed by atoms with Crippen LogP contribution in [0.5, 0.6) is 0 Å². The van der Waals surface area contributed by atoms with Crippen molar-refractivity contribution in [3.8, 4) is 0 Å². The summed E-state index contributed by atoms with van der Waals surface area (Å²) in [6.45, 7) is 4.47. The van der Waals surface area contributed by atoms with E-state index < -0.39 is 0 Å². The highest BCUT2D eigenvalue weighted by Gasteiger charge is 2.28. The quantitative estimate of drug-likeness (QED) is 0.499. The molecular formula is C10H13N. The third-order valence-electron chi connectivity index (χ3n) is 2.45. The summed E-state index contributed by atoms with van der Waals surface area (Å²) in [6, 6.07) is 0. The average molecular weight is 147 g/mol. The van der Waals surface area contributed by atoms with E-state index in [0.29, 0.717) is 0 Å². The summed E-state index contributed by atoms with van der Waals surface area (Å²) in [5.74, 6) is 0. The molecule has 0 aromatic rings. The van der Waals surface area contributed by atoms with E-state index in [-0.39, 0.29) is 5.41 Å². The van der Waals surface area contributed by atoms with E-state index in [9.17, 15) is 0 Å². The van der Waals surface area contributed by atoms with Gasteiger partial charge in [-0.15, -0.1) is 0 Å². The van der Waals surface area contributed by atoms with Crippen LogP contribution in [0.3, 0.4) is 0 Å². The Morgan fingerprint density at radius 1 is 1.45 bits per heavy atom. The smallest absolute Gasteiger partial charge is 0.0624 e. The summed E-state index contributed by atoms with van der Waals surface area (Å²) >= 11 is 0. The summed E-state index contributed by atoms with van der Waals surface area (Å²) in [7, 11) is 0. The van der Waals surface area contributed by atoms with Gasteiger partial charge >= 0.3 is 0 Å². The fraction of sp³-hybridized carbons (Fsp3) is 0.500. The average Bonchev–Trinajstić information content (AvgIpc) is 2.29. The summed E-state index contributed by atoms with van der Waals surface area (Å²) in [6.07, 6.45) is 8.79. The lowest BCUT2D eigenvalue weighted by Gasteiger charge is -2.20. The minimum absolute atomic E-state index is 0.222. The van der Waals surface area contributed by atoms with Crippen molar-refractivity contribution in [2.24, 2.45) is 10.4 Å². The number of nitrogens with zero attached hydrogens (tertiary/aromatic N) is 1. The lowest BCUT2D eigenvalue weighted by atomic mass is 9.82. The summed E-state index contributed by atoms with van der Waals surface area (Å²) in [5, 5.41) is 0. The van der Waals surface area contributed by atoms with E-state index in [4.69, 9.17) is 0 Å². The van der Waals surface area contributed by atoms with Gasteiger partial charge < -0.3 is 0 Å². The number of hydrogen-bond donors (Lipinski definition) is 0. The van der Waals surface area contributed by atoms with E-state index in [0.717, 1.165) is 0 Å². The van der Waals surface area contributed by atoms with Crippen molar-refractivity contribution in [2.75, 3.05) is 0 Å². The number of aliphatic imine (C=N–C) groups is 1. The molecule has 2 rings (SSSR count). The molecule has 0 aromatic carbocycles. The van der Waals surface area contributed by atoms with Gasteiger partial charge in [-0.2, -0.15) is 0 Å². The molecular weight excluding hydrogens is 134 g/mol. The zero-order valence-corrected chi connectivity index (χ0v) is 7.09. The van der Waals surface area contributed by atoms with Gasteiger partial charge in [0.25, 0.3) is 0 Å². The van der Waals surface area contributed by atoms with Crippen molar-refractivity contribution in [1.29, 1.82) is 0 Å². The second-order valence-electron chi connectivity index (χ2n) is 3.78. The van der Waals surface area contributed by atoms with E-state index in [1.165, 1.54) is 24.1 Å². The van der Waals surface area contributed by atoms with Gasteiger partial charge in [0.05, 0.1) is 5.70 Å². The Labute approximate surface area is 67.5 Å². The Morgan fingerprint density at radius 2 is 2.27 bits per heavy atom. The standard InChI is InChI=1S/C10H13N/c1-10(2)7-11-9-6-4-3-5-8(9)10/h4,6-7H,3,5H2,1-2H3. The molecule has 1 aliphatic heterocycles. The van der Waals surface area contributed by atoms with Crippen molar-refractivity contribution in [1.82, 2.24) is 0 Å². The Morgan fingerprint density at radius 3 is 3.00 bits per heavy atom. The SMILES string of the molecule is CC1(C)C=NC2=C1CCC=C2. The zero-order chi connectivity index (χ0) is 7.90. The maximum absolute atomic E-state index is 4.38. The fourth-order valence-electron chi connectivity index (χ4n) is 1.73. The van der Waals surface area contributed by atoms with Crippen molar-refractivity contribution >= 4 is 6.21 Å². The van der Waals surface area contributed by atoms with Crippen molar-refractivity contribution in [2.45, 2.75) is 26.7 Å². The number of rotatable bonds is 0. The van der Waals surface area contributed by atoms with Crippen molar-refractivity contribution < 1.29 is 0 Å². The van der Waals surface area contributed by atoms with E-state index in [1.807, 2.05) is 0 Å². The lowest BCUT2D eigenvalue weighted by Crippen LogP contribution is -2.14. The summed E-state index contributed by atoms with van der Waals surface area (Å²) in [4.78, 5) is 4.38. The Kier molecular flexibility index (Phi) is 1.28. The topological polar surface area (TPSA) is 12.4 Å². The molecule has 58 valence electrons. The minimum Gasteiger partial charge on any atom is -0.260 e. The maximum Gasteiger partial charge on any atom is 0.0624 e. The van der Waals surface area contributed by atoms with Gasteiger partial charge in [-0.1, -0.05) is 19.9 Å². The molecule has 0 bridgehead atoms. The highest BCUT2D eigenvalue weighted by molar-refractivity contribution is 5.76. The molecule has 1 heteroatoms. The molecule has 2 aliphatic rings. The molecule has 0 unspecified atom stereocenters. The Hall–Kier alpha value is -0.850. The van der Waals surface area contributed by atoms with Crippen LogP contribution >= 0.6 is 0 Å². The van der Waals surface area contributed by atoms with Gasteiger partial charge in [0, 0.05) is 11.6 Å². The predicted molar refractivity (Wildman–Crippen MR) is 47.7 cm³/mol. The van der Waals surface area contributed by atoms with Crippen LogP contribution < -0.4 is 0 Å². The van der Waals surface area contributed by atoms with Crippen molar-refractivity contribution in [3.05, 3.63) is 23.4 Å². The third kappa shape index (κ3) is 0.953. The second-order valence-corrected chi connectivity index (χ2v) is 3.78. The first-order valence-electron chi connectivity index (χ1n) is 4.15. The molecule has 1 nitrogen and oxygen atoms in total. The summed E-state index contributed by atoms with van der Waals surface area (Å²) < 4.78 is 0. The van der Waals surface area contributed by atoms with Crippen LogP contribution in [-0.2, 0) is 0 Å². The molecule has 0 aromatic heterocycles. The van der Waals surface area contributed by atoms with Gasteiger partial charge in [-0.05, 0) is 24.5 Å². The molecule has 0 spiro atoms. The van der Waals surface area contributed by atoms with Crippen LogP contribution in [-0.4, -0.2) is 6.21 Å². The summed E-state index contributed by atoms with van der Waals surface area (Å²) in [5.41, 5.74) is 2.95. The van der Waals surface area contributed by atoms with E-state index in [2.05, 4.69) is 37.2 Å². The molecule has 11 heavy (non-hydrogen) atoms. The first-order chi connectivity index (χ1) is 5.20. The van der Waals surface area contributed by atoms with Crippen molar-refractivity contribution in [3.63, 3.8) is 0 Å². The van der Waals surface area contributed by atoms with Gasteiger partial charge in [-0.25, -0.2) is 0 Å². The molecule has 0 fully saturated rings. The monoisotopic (exact) mass is 147 g/mol. The van der Waals surface area contributed by atoms with Gasteiger partial charge in [0.1, 0.15) is 0 Å². The third-order valence-corrected chi connectivity index (χ3v) is 2.45. The first-order valence-corrected chi connectivity index (χ1v) is 4.15. The molecule has 0 saturated heterocycles. The molecule has 0 amide bonds. The largest absolute Gasteiger partial charge is 0.260 e. The molecule has 0 N–H and O–H groups in total. The van der Waals surface area contributed by atoms with Gasteiger partial charge in [0.2, 0.25) is 0 Å². The lowest BCUT2D eigenvalue weighted by molar-refractivity contribution is 0.613. The van der Waals surface area contributed by atoms with Crippen LogP contribution in [0.2, 0.25) is 0 Å². The van der Waals surface area contributed by atoms with E-state index in [1.54, 1.807) is 0 Å². The molecule has 0 radical (unpaired) electrons. The Bertz CT molecular complexity index is 267. The van der Waals surface area contributed by atoms with Gasteiger partial charge in [-0.3, -0.25) is 4.99 Å². The van der Waals surface area contributed by atoms with Crippen LogP contribution in [0, 0.1) is 5.41 Å². The van der Waals surface area contributed by atoms with Crippen LogP contribution in [0.25, 0.3) is 0 Å². The first kappa shape index (κ1) is 6.84. The minimum atomic E-state index is 0.222. The van der Waals surface area contributed by atoms with E-state index >= 15 is 0 Å². The van der Waals surface area contributed by atoms with Gasteiger partial charge in [0.15, 0.2) is 0 Å². The predicted octanol–water partition coefficient (Wildman–Crippen LogP) is 2.70. The van der Waals surface area contributed by atoms with Crippen LogP contribution in [0.15, 0.2) is 28.4 Å². The van der Waals surface area contributed by atoms with Crippen LogP contribution in [0.1, 0.15) is 26.7 Å².